The molecule has 0 aliphatic heterocycles. The van der Waals surface area contributed by atoms with Crippen molar-refractivity contribution in [2.24, 2.45) is 11.8 Å². The van der Waals surface area contributed by atoms with E-state index >= 15 is 0 Å². The van der Waals surface area contributed by atoms with Crippen molar-refractivity contribution in [2.75, 3.05) is 11.9 Å². The fourth-order valence-corrected chi connectivity index (χ4v) is 2.05. The molecule has 0 aliphatic carbocycles. The van der Waals surface area contributed by atoms with Gasteiger partial charge in [-0.05, 0) is 18.4 Å². The predicted molar refractivity (Wildman–Crippen MR) is 72.1 cm³/mol. The van der Waals surface area contributed by atoms with Gasteiger partial charge in [-0.3, -0.25) is 4.79 Å². The summed E-state index contributed by atoms with van der Waals surface area (Å²) in [6, 6.07) is 1.84. The summed E-state index contributed by atoms with van der Waals surface area (Å²) in [5.41, 5.74) is 0.844. The second-order valence-electron chi connectivity index (χ2n) is 4.98. The van der Waals surface area contributed by atoms with Crippen molar-refractivity contribution in [3.8, 4) is 0 Å². The van der Waals surface area contributed by atoms with E-state index in [0.29, 0.717) is 24.7 Å². The van der Waals surface area contributed by atoms with Crippen LogP contribution in [0, 0.1) is 11.8 Å². The third kappa shape index (κ3) is 3.21. The van der Waals surface area contributed by atoms with Gasteiger partial charge in [0.2, 0.25) is 0 Å². The summed E-state index contributed by atoms with van der Waals surface area (Å²) in [7, 11) is 0. The molecule has 2 N–H and O–H groups in total. The van der Waals surface area contributed by atoms with Crippen LogP contribution in [0.5, 0.6) is 0 Å². The van der Waals surface area contributed by atoms with Crippen LogP contribution in [-0.2, 0) is 4.79 Å². The summed E-state index contributed by atoms with van der Waals surface area (Å²) >= 11 is 0. The highest BCUT2D eigenvalue weighted by Gasteiger charge is 2.19. The molecule has 2 aromatic rings. The number of nitrogens with one attached hydrogen (secondary N) is 1. The van der Waals surface area contributed by atoms with Crippen LogP contribution in [0.15, 0.2) is 24.7 Å². The molecule has 6 nitrogen and oxygen atoms in total. The molecule has 0 amide bonds. The summed E-state index contributed by atoms with van der Waals surface area (Å²) in [6.07, 6.45) is 5.72. The normalized spacial score (nSPS) is 12.8. The number of carbonyl (C=O) groups is 1. The first-order valence-corrected chi connectivity index (χ1v) is 6.33. The molecule has 0 aromatic carbocycles. The number of carboxylic acid groups (broad SMARTS) is 1. The Morgan fingerprint density at radius 3 is 2.95 bits per heavy atom. The molecule has 0 fully saturated rings. The lowest BCUT2D eigenvalue weighted by Gasteiger charge is -2.16. The number of nitrogens with zero attached hydrogens (tertiary/aromatic N) is 3. The zero-order chi connectivity index (χ0) is 13.8. The van der Waals surface area contributed by atoms with Crippen molar-refractivity contribution < 1.29 is 9.90 Å². The zero-order valence-corrected chi connectivity index (χ0v) is 11.1. The zero-order valence-electron chi connectivity index (χ0n) is 11.1. The highest BCUT2D eigenvalue weighted by atomic mass is 16.4. The minimum absolute atomic E-state index is 0.349. The maximum absolute atomic E-state index is 11.2. The first kappa shape index (κ1) is 13.3. The lowest BCUT2D eigenvalue weighted by Crippen LogP contribution is -2.24. The smallest absolute Gasteiger partial charge is 0.308 e. The average molecular weight is 262 g/mol. The predicted octanol–water partition coefficient (Wildman–Crippen LogP) is 1.89. The molecular formula is C13H18N4O2. The van der Waals surface area contributed by atoms with Crippen molar-refractivity contribution in [1.82, 2.24) is 14.6 Å². The quantitative estimate of drug-likeness (QED) is 0.831. The van der Waals surface area contributed by atoms with E-state index in [-0.39, 0.29) is 0 Å². The van der Waals surface area contributed by atoms with E-state index in [0.717, 1.165) is 5.52 Å². The van der Waals surface area contributed by atoms with Gasteiger partial charge in [0.1, 0.15) is 5.52 Å². The Labute approximate surface area is 111 Å². The lowest BCUT2D eigenvalue weighted by atomic mass is 9.97. The van der Waals surface area contributed by atoms with Crippen LogP contribution in [0.2, 0.25) is 0 Å². The highest BCUT2D eigenvalue weighted by molar-refractivity contribution is 5.72. The van der Waals surface area contributed by atoms with Gasteiger partial charge in [0.05, 0.1) is 12.1 Å². The maximum Gasteiger partial charge on any atom is 0.308 e. The summed E-state index contributed by atoms with van der Waals surface area (Å²) < 4.78 is 1.70. The van der Waals surface area contributed by atoms with Crippen molar-refractivity contribution in [3.05, 3.63) is 24.7 Å². The van der Waals surface area contributed by atoms with Gasteiger partial charge >= 0.3 is 5.97 Å². The second kappa shape index (κ2) is 5.69. The number of hydrogen-bond donors (Lipinski definition) is 2. The summed E-state index contributed by atoms with van der Waals surface area (Å²) in [4.78, 5) is 15.4. The molecule has 0 saturated carbocycles. The fourth-order valence-electron chi connectivity index (χ4n) is 2.05. The van der Waals surface area contributed by atoms with Crippen LogP contribution >= 0.6 is 0 Å². The first-order valence-electron chi connectivity index (χ1n) is 6.33. The van der Waals surface area contributed by atoms with Crippen LogP contribution < -0.4 is 5.32 Å². The van der Waals surface area contributed by atoms with Crippen LogP contribution in [0.4, 0.5) is 5.82 Å². The minimum Gasteiger partial charge on any atom is -0.481 e. The molecular weight excluding hydrogens is 244 g/mol. The van der Waals surface area contributed by atoms with Gasteiger partial charge < -0.3 is 10.4 Å². The van der Waals surface area contributed by atoms with Crippen LogP contribution in [0.1, 0.15) is 20.3 Å². The summed E-state index contributed by atoms with van der Waals surface area (Å²) in [6.45, 7) is 4.41. The van der Waals surface area contributed by atoms with Crippen LogP contribution in [0.25, 0.3) is 5.52 Å². The van der Waals surface area contributed by atoms with Crippen molar-refractivity contribution in [1.29, 1.82) is 0 Å². The van der Waals surface area contributed by atoms with Gasteiger partial charge in [0.25, 0.3) is 0 Å². The number of aromatic nitrogens is 3. The topological polar surface area (TPSA) is 79.5 Å². The Kier molecular flexibility index (Phi) is 3.99. The maximum atomic E-state index is 11.2. The lowest BCUT2D eigenvalue weighted by molar-refractivity contribution is -0.141. The number of fused-ring (bicyclic) bond motifs is 1. The third-order valence-electron chi connectivity index (χ3n) is 2.95. The molecule has 0 spiro atoms. The van der Waals surface area contributed by atoms with Gasteiger partial charge in [-0.15, -0.1) is 0 Å². The molecule has 2 heterocycles. The molecule has 2 rings (SSSR count). The van der Waals surface area contributed by atoms with Crippen LogP contribution in [0.3, 0.4) is 0 Å². The number of anilines is 1. The molecule has 0 bridgehead atoms. The van der Waals surface area contributed by atoms with Crippen molar-refractivity contribution in [2.45, 2.75) is 20.3 Å². The highest BCUT2D eigenvalue weighted by Crippen LogP contribution is 2.16. The van der Waals surface area contributed by atoms with Gasteiger partial charge in [-0.2, -0.15) is 5.10 Å². The number of aliphatic carboxylic acids is 1. The Morgan fingerprint density at radius 2 is 2.26 bits per heavy atom. The van der Waals surface area contributed by atoms with Crippen LogP contribution in [-0.4, -0.2) is 32.2 Å². The summed E-state index contributed by atoms with van der Waals surface area (Å²) in [5, 5.41) is 16.4. The monoisotopic (exact) mass is 262 g/mol. The molecule has 0 radical (unpaired) electrons. The van der Waals surface area contributed by atoms with E-state index in [1.165, 1.54) is 0 Å². The molecule has 0 saturated heterocycles. The third-order valence-corrected chi connectivity index (χ3v) is 2.95. The Balaban J connectivity index is 2.08. The Hall–Kier alpha value is -2.11. The van der Waals surface area contributed by atoms with Gasteiger partial charge in [-0.1, -0.05) is 13.8 Å². The van der Waals surface area contributed by atoms with Crippen molar-refractivity contribution in [3.63, 3.8) is 0 Å². The minimum atomic E-state index is -0.776. The molecule has 2 aromatic heterocycles. The second-order valence-corrected chi connectivity index (χ2v) is 4.98. The fraction of sp³-hybridized carbons (Fsp3) is 0.462. The van der Waals surface area contributed by atoms with E-state index in [4.69, 9.17) is 0 Å². The first-order chi connectivity index (χ1) is 9.08. The molecule has 0 aliphatic rings. The van der Waals surface area contributed by atoms with E-state index in [1.54, 1.807) is 23.1 Å². The molecule has 19 heavy (non-hydrogen) atoms. The van der Waals surface area contributed by atoms with E-state index in [2.05, 4.69) is 15.4 Å². The van der Waals surface area contributed by atoms with E-state index in [1.807, 2.05) is 19.9 Å². The Bertz CT molecular complexity index is 565. The molecule has 1 atom stereocenters. The van der Waals surface area contributed by atoms with Gasteiger partial charge in [-0.25, -0.2) is 9.50 Å². The largest absolute Gasteiger partial charge is 0.481 e. The number of hydrogen-bond acceptors (Lipinski definition) is 4. The number of carboxylic acids is 1. The summed E-state index contributed by atoms with van der Waals surface area (Å²) in [5.74, 6) is -0.178. The van der Waals surface area contributed by atoms with Gasteiger partial charge in [0, 0.05) is 18.9 Å². The van der Waals surface area contributed by atoms with Crippen molar-refractivity contribution >= 4 is 17.3 Å². The standard InChI is InChI=1S/C13H18N4O2/c1-9(2)7-10(13(18)19)8-15-12-11-3-4-16-17(11)6-5-14-12/h3-6,9-10H,7-8H2,1-2H3,(H,14,15)(H,18,19). The van der Waals surface area contributed by atoms with E-state index in [9.17, 15) is 9.90 Å². The van der Waals surface area contributed by atoms with Gasteiger partial charge in [0.15, 0.2) is 5.82 Å². The SMILES string of the molecule is CC(C)CC(CNc1nccn2nccc12)C(=O)O. The molecule has 1 unspecified atom stereocenters. The number of rotatable bonds is 6. The van der Waals surface area contributed by atoms with E-state index < -0.39 is 11.9 Å². The average Bonchev–Trinajstić information content (AvgIpc) is 2.82. The Morgan fingerprint density at radius 1 is 1.47 bits per heavy atom. The molecule has 102 valence electrons. The molecule has 6 heteroatoms.